The third kappa shape index (κ3) is 4.30. The summed E-state index contributed by atoms with van der Waals surface area (Å²) >= 11 is 5.31. The van der Waals surface area contributed by atoms with Crippen LogP contribution in [-0.2, 0) is 13.1 Å². The summed E-state index contributed by atoms with van der Waals surface area (Å²) in [7, 11) is 2.13. The predicted octanol–water partition coefficient (Wildman–Crippen LogP) is 3.97. The number of rotatable bonds is 6. The van der Waals surface area contributed by atoms with Crippen molar-refractivity contribution in [2.24, 2.45) is 0 Å². The molecule has 0 radical (unpaired) electrons. The van der Waals surface area contributed by atoms with E-state index < -0.39 is 0 Å². The maximum absolute atomic E-state index is 4.36. The second kappa shape index (κ2) is 7.03. The quantitative estimate of drug-likeness (QED) is 0.862. The lowest BCUT2D eigenvalue weighted by Crippen LogP contribution is -2.16. The number of thiazole rings is 1. The first-order valence-electron chi connectivity index (χ1n) is 6.29. The monoisotopic (exact) mass is 339 g/mol. The van der Waals surface area contributed by atoms with Crippen molar-refractivity contribution < 1.29 is 0 Å². The Morgan fingerprint density at radius 3 is 2.84 bits per heavy atom. The SMILES string of the molecule is CCNc1ncc(CN(C)Cc2ccccc2Br)s1. The third-order valence-electron chi connectivity index (χ3n) is 2.71. The molecule has 102 valence electrons. The van der Waals surface area contributed by atoms with Gasteiger partial charge >= 0.3 is 0 Å². The molecule has 0 saturated heterocycles. The van der Waals surface area contributed by atoms with Crippen LogP contribution >= 0.6 is 27.3 Å². The largest absolute Gasteiger partial charge is 0.362 e. The molecule has 0 atom stereocenters. The molecule has 0 saturated carbocycles. The molecular formula is C14H18BrN3S. The van der Waals surface area contributed by atoms with E-state index in [0.717, 1.165) is 24.8 Å². The molecule has 1 aromatic heterocycles. The number of aromatic nitrogens is 1. The maximum Gasteiger partial charge on any atom is 0.182 e. The topological polar surface area (TPSA) is 28.2 Å². The van der Waals surface area contributed by atoms with Crippen molar-refractivity contribution in [3.63, 3.8) is 0 Å². The van der Waals surface area contributed by atoms with E-state index in [1.807, 2.05) is 12.3 Å². The molecule has 2 rings (SSSR count). The van der Waals surface area contributed by atoms with Crippen LogP contribution in [0.4, 0.5) is 5.13 Å². The molecule has 3 nitrogen and oxygen atoms in total. The summed E-state index contributed by atoms with van der Waals surface area (Å²) in [6.07, 6.45) is 1.96. The van der Waals surface area contributed by atoms with Crippen LogP contribution in [0, 0.1) is 0 Å². The highest BCUT2D eigenvalue weighted by atomic mass is 79.9. The van der Waals surface area contributed by atoms with E-state index >= 15 is 0 Å². The molecule has 1 N–H and O–H groups in total. The lowest BCUT2D eigenvalue weighted by atomic mass is 10.2. The fraction of sp³-hybridized carbons (Fsp3) is 0.357. The van der Waals surface area contributed by atoms with Gasteiger partial charge in [0.15, 0.2) is 5.13 Å². The molecule has 0 aliphatic rings. The van der Waals surface area contributed by atoms with Crippen LogP contribution in [0.3, 0.4) is 0 Å². The zero-order valence-electron chi connectivity index (χ0n) is 11.2. The Morgan fingerprint density at radius 2 is 2.11 bits per heavy atom. The van der Waals surface area contributed by atoms with E-state index in [2.05, 4.69) is 63.3 Å². The van der Waals surface area contributed by atoms with Crippen LogP contribution in [0.25, 0.3) is 0 Å². The molecule has 0 aliphatic heterocycles. The average molecular weight is 340 g/mol. The number of halogens is 1. The van der Waals surface area contributed by atoms with E-state index in [1.165, 1.54) is 14.9 Å². The Hall–Kier alpha value is -0.910. The van der Waals surface area contributed by atoms with Gasteiger partial charge in [-0.1, -0.05) is 34.1 Å². The second-order valence-corrected chi connectivity index (χ2v) is 6.40. The fourth-order valence-electron chi connectivity index (χ4n) is 1.85. The van der Waals surface area contributed by atoms with Crippen molar-refractivity contribution in [3.8, 4) is 0 Å². The number of hydrogen-bond acceptors (Lipinski definition) is 4. The molecule has 0 fully saturated rings. The summed E-state index contributed by atoms with van der Waals surface area (Å²) in [5, 5.41) is 4.25. The van der Waals surface area contributed by atoms with E-state index in [-0.39, 0.29) is 0 Å². The number of hydrogen-bond donors (Lipinski definition) is 1. The van der Waals surface area contributed by atoms with Gasteiger partial charge in [0.1, 0.15) is 0 Å². The van der Waals surface area contributed by atoms with E-state index in [4.69, 9.17) is 0 Å². The van der Waals surface area contributed by atoms with Gasteiger partial charge in [0.25, 0.3) is 0 Å². The van der Waals surface area contributed by atoms with Gasteiger partial charge in [0.2, 0.25) is 0 Å². The first-order chi connectivity index (χ1) is 9.19. The Balaban J connectivity index is 1.93. The lowest BCUT2D eigenvalue weighted by molar-refractivity contribution is 0.321. The van der Waals surface area contributed by atoms with Gasteiger partial charge in [-0.3, -0.25) is 4.90 Å². The molecule has 5 heteroatoms. The van der Waals surface area contributed by atoms with E-state index in [1.54, 1.807) is 11.3 Å². The van der Waals surface area contributed by atoms with Crippen LogP contribution in [0.5, 0.6) is 0 Å². The van der Waals surface area contributed by atoms with E-state index in [0.29, 0.717) is 0 Å². The number of nitrogens with zero attached hydrogens (tertiary/aromatic N) is 2. The standard InChI is InChI=1S/C14H18BrN3S/c1-3-16-14-17-8-12(19-14)10-18(2)9-11-6-4-5-7-13(11)15/h4-8H,3,9-10H2,1-2H3,(H,16,17). The van der Waals surface area contributed by atoms with Gasteiger partial charge in [0.05, 0.1) is 0 Å². The van der Waals surface area contributed by atoms with Crippen LogP contribution in [-0.4, -0.2) is 23.5 Å². The van der Waals surface area contributed by atoms with Crippen molar-refractivity contribution in [2.45, 2.75) is 20.0 Å². The number of nitrogens with one attached hydrogen (secondary N) is 1. The van der Waals surface area contributed by atoms with E-state index in [9.17, 15) is 0 Å². The van der Waals surface area contributed by atoms with Crippen molar-refractivity contribution in [3.05, 3.63) is 45.4 Å². The zero-order chi connectivity index (χ0) is 13.7. The molecule has 0 spiro atoms. The molecule has 0 amide bonds. The second-order valence-electron chi connectivity index (χ2n) is 4.43. The summed E-state index contributed by atoms with van der Waals surface area (Å²) in [4.78, 5) is 7.93. The Labute approximate surface area is 126 Å². The van der Waals surface area contributed by atoms with Crippen LogP contribution < -0.4 is 5.32 Å². The van der Waals surface area contributed by atoms with Gasteiger partial charge in [-0.15, -0.1) is 11.3 Å². The van der Waals surface area contributed by atoms with Gasteiger partial charge in [-0.2, -0.15) is 0 Å². The Kier molecular flexibility index (Phi) is 5.36. The van der Waals surface area contributed by atoms with Crippen molar-refractivity contribution in [1.29, 1.82) is 0 Å². The molecule has 19 heavy (non-hydrogen) atoms. The smallest absolute Gasteiger partial charge is 0.182 e. The summed E-state index contributed by atoms with van der Waals surface area (Å²) in [5.41, 5.74) is 1.31. The minimum absolute atomic E-state index is 0.916. The fourth-order valence-corrected chi connectivity index (χ4v) is 3.22. The maximum atomic E-state index is 4.36. The summed E-state index contributed by atoms with van der Waals surface area (Å²) in [6.45, 7) is 4.85. The molecule has 0 bridgehead atoms. The highest BCUT2D eigenvalue weighted by molar-refractivity contribution is 9.10. The number of benzene rings is 1. The molecule has 2 aromatic rings. The van der Waals surface area contributed by atoms with Gasteiger partial charge in [-0.25, -0.2) is 4.98 Å². The van der Waals surface area contributed by atoms with Crippen molar-refractivity contribution >= 4 is 32.4 Å². The Morgan fingerprint density at radius 1 is 1.32 bits per heavy atom. The molecule has 1 heterocycles. The number of anilines is 1. The van der Waals surface area contributed by atoms with Crippen molar-refractivity contribution in [1.82, 2.24) is 9.88 Å². The molecule has 1 aromatic carbocycles. The summed E-state index contributed by atoms with van der Waals surface area (Å²) in [5.74, 6) is 0. The minimum Gasteiger partial charge on any atom is -0.362 e. The molecular weight excluding hydrogens is 322 g/mol. The minimum atomic E-state index is 0.916. The predicted molar refractivity (Wildman–Crippen MR) is 85.6 cm³/mol. The Bertz CT molecular complexity index is 527. The van der Waals surface area contributed by atoms with Gasteiger partial charge in [-0.05, 0) is 25.6 Å². The first-order valence-corrected chi connectivity index (χ1v) is 7.90. The average Bonchev–Trinajstić information content (AvgIpc) is 2.80. The molecule has 0 aliphatic carbocycles. The van der Waals surface area contributed by atoms with Crippen LogP contribution in [0.1, 0.15) is 17.4 Å². The van der Waals surface area contributed by atoms with Crippen LogP contribution in [0.15, 0.2) is 34.9 Å². The van der Waals surface area contributed by atoms with Crippen LogP contribution in [0.2, 0.25) is 0 Å². The highest BCUT2D eigenvalue weighted by Crippen LogP contribution is 2.21. The summed E-state index contributed by atoms with van der Waals surface area (Å²) in [6, 6.07) is 8.35. The highest BCUT2D eigenvalue weighted by Gasteiger charge is 2.07. The zero-order valence-corrected chi connectivity index (χ0v) is 13.6. The normalized spacial score (nSPS) is 10.9. The van der Waals surface area contributed by atoms with Gasteiger partial charge < -0.3 is 5.32 Å². The molecule has 0 unspecified atom stereocenters. The lowest BCUT2D eigenvalue weighted by Gasteiger charge is -2.16. The first kappa shape index (κ1) is 14.5. The van der Waals surface area contributed by atoms with Gasteiger partial charge in [0, 0.05) is 35.2 Å². The van der Waals surface area contributed by atoms with Crippen molar-refractivity contribution in [2.75, 3.05) is 18.9 Å². The third-order valence-corrected chi connectivity index (χ3v) is 4.42. The summed E-state index contributed by atoms with van der Waals surface area (Å²) < 4.78 is 1.17.